The van der Waals surface area contributed by atoms with Crippen LogP contribution in [-0.2, 0) is 6.18 Å². The van der Waals surface area contributed by atoms with Crippen LogP contribution in [0.1, 0.15) is 5.56 Å². The highest BCUT2D eigenvalue weighted by Gasteiger charge is 2.29. The van der Waals surface area contributed by atoms with Gasteiger partial charge in [0.15, 0.2) is 0 Å². The Morgan fingerprint density at radius 2 is 1.79 bits per heavy atom. The van der Waals surface area contributed by atoms with Gasteiger partial charge in [-0.3, -0.25) is 10.4 Å². The summed E-state index contributed by atoms with van der Waals surface area (Å²) in [6, 6.07) is 5.10. The van der Waals surface area contributed by atoms with Crippen molar-refractivity contribution in [2.24, 2.45) is 0 Å². The molecule has 5 nitrogen and oxygen atoms in total. The second-order valence-electron chi connectivity index (χ2n) is 3.62. The van der Waals surface area contributed by atoms with Crippen LogP contribution in [0.5, 0.6) is 0 Å². The van der Waals surface area contributed by atoms with E-state index in [1.807, 2.05) is 0 Å². The molecule has 0 atom stereocenters. The van der Waals surface area contributed by atoms with Crippen molar-refractivity contribution in [3.05, 3.63) is 42.1 Å². The number of urea groups is 1. The number of halogens is 3. The van der Waals surface area contributed by atoms with Crippen LogP contribution in [0.3, 0.4) is 0 Å². The average molecular weight is 270 g/mol. The number of nitrogens with zero attached hydrogens (tertiary/aromatic N) is 1. The van der Waals surface area contributed by atoms with Crippen molar-refractivity contribution < 1.29 is 18.0 Å². The van der Waals surface area contributed by atoms with Crippen molar-refractivity contribution in [3.8, 4) is 0 Å². The number of carbonyl (C=O) groups is 1. The van der Waals surface area contributed by atoms with Gasteiger partial charge in [0.25, 0.3) is 0 Å². The van der Waals surface area contributed by atoms with Crippen molar-refractivity contribution in [3.63, 3.8) is 0 Å². The van der Waals surface area contributed by atoms with Gasteiger partial charge in [-0.1, -0.05) is 0 Å². The SMILES string of the molecule is O=C(Nc1ccc(C(F)(F)F)cc1)Nc1ccn[nH]1. The molecule has 1 aromatic heterocycles. The molecule has 0 fully saturated rings. The minimum absolute atomic E-state index is 0.255. The van der Waals surface area contributed by atoms with Gasteiger partial charge in [-0.05, 0) is 24.3 Å². The smallest absolute Gasteiger partial charge is 0.308 e. The number of hydrogen-bond acceptors (Lipinski definition) is 2. The highest BCUT2D eigenvalue weighted by Crippen LogP contribution is 2.29. The van der Waals surface area contributed by atoms with E-state index in [9.17, 15) is 18.0 Å². The van der Waals surface area contributed by atoms with Crippen LogP contribution in [0.2, 0.25) is 0 Å². The van der Waals surface area contributed by atoms with Crippen LogP contribution in [0, 0.1) is 0 Å². The fourth-order valence-electron chi connectivity index (χ4n) is 1.35. The first kappa shape index (κ1) is 12.9. The molecule has 0 unspecified atom stereocenters. The Bertz CT molecular complexity index is 548. The first-order valence-electron chi connectivity index (χ1n) is 5.20. The zero-order valence-corrected chi connectivity index (χ0v) is 9.45. The minimum Gasteiger partial charge on any atom is -0.308 e. The van der Waals surface area contributed by atoms with Gasteiger partial charge in [-0.2, -0.15) is 18.3 Å². The number of alkyl halides is 3. The first-order valence-corrected chi connectivity index (χ1v) is 5.20. The Morgan fingerprint density at radius 3 is 2.32 bits per heavy atom. The summed E-state index contributed by atoms with van der Waals surface area (Å²) in [5, 5.41) is 11.0. The van der Waals surface area contributed by atoms with E-state index >= 15 is 0 Å². The highest BCUT2D eigenvalue weighted by molar-refractivity contribution is 5.99. The summed E-state index contributed by atoms with van der Waals surface area (Å²) >= 11 is 0. The molecule has 3 N–H and O–H groups in total. The molecule has 0 bridgehead atoms. The van der Waals surface area contributed by atoms with Gasteiger partial charge in [-0.25, -0.2) is 4.79 Å². The maximum atomic E-state index is 12.3. The van der Waals surface area contributed by atoms with Gasteiger partial charge in [-0.15, -0.1) is 0 Å². The normalized spacial score (nSPS) is 11.1. The van der Waals surface area contributed by atoms with Gasteiger partial charge < -0.3 is 5.32 Å². The predicted octanol–water partition coefficient (Wildman–Crippen LogP) is 3.07. The molecular weight excluding hydrogens is 261 g/mol. The Kier molecular flexibility index (Phi) is 3.41. The molecule has 1 heterocycles. The lowest BCUT2D eigenvalue weighted by Crippen LogP contribution is -2.19. The summed E-state index contributed by atoms with van der Waals surface area (Å²) in [5.74, 6) is 0.379. The molecule has 0 aliphatic rings. The summed E-state index contributed by atoms with van der Waals surface area (Å²) in [5.41, 5.74) is -0.517. The Morgan fingerprint density at radius 1 is 1.11 bits per heavy atom. The lowest BCUT2D eigenvalue weighted by atomic mass is 10.2. The van der Waals surface area contributed by atoms with E-state index in [2.05, 4.69) is 20.8 Å². The lowest BCUT2D eigenvalue weighted by molar-refractivity contribution is -0.137. The van der Waals surface area contributed by atoms with Gasteiger partial charge in [0.1, 0.15) is 5.82 Å². The number of H-pyrrole nitrogens is 1. The number of anilines is 2. The summed E-state index contributed by atoms with van der Waals surface area (Å²) in [6.45, 7) is 0. The minimum atomic E-state index is -4.39. The zero-order valence-electron chi connectivity index (χ0n) is 9.45. The number of hydrogen-bond donors (Lipinski definition) is 3. The number of nitrogens with one attached hydrogen (secondary N) is 3. The topological polar surface area (TPSA) is 69.8 Å². The monoisotopic (exact) mass is 270 g/mol. The van der Waals surface area contributed by atoms with Crippen LogP contribution in [0.15, 0.2) is 36.5 Å². The molecule has 2 rings (SSSR count). The Balaban J connectivity index is 1.98. The van der Waals surface area contributed by atoms with E-state index in [0.717, 1.165) is 12.1 Å². The standard InChI is InChI=1S/C11H9F3N4O/c12-11(13,14)7-1-3-8(4-2-7)16-10(19)17-9-5-6-15-18-9/h1-6H,(H3,15,16,17,18,19). The fraction of sp³-hybridized carbons (Fsp3) is 0.0909. The highest BCUT2D eigenvalue weighted by atomic mass is 19.4. The number of rotatable bonds is 2. The first-order chi connectivity index (χ1) is 8.95. The van der Waals surface area contributed by atoms with Gasteiger partial charge in [0.2, 0.25) is 0 Å². The van der Waals surface area contributed by atoms with E-state index < -0.39 is 17.8 Å². The number of benzene rings is 1. The fourth-order valence-corrected chi connectivity index (χ4v) is 1.35. The third-order valence-electron chi connectivity index (χ3n) is 2.22. The van der Waals surface area contributed by atoms with Crippen LogP contribution >= 0.6 is 0 Å². The predicted molar refractivity (Wildman–Crippen MR) is 62.7 cm³/mol. The Labute approximate surface area is 105 Å². The maximum Gasteiger partial charge on any atom is 0.416 e. The van der Waals surface area contributed by atoms with Crippen LogP contribution in [-0.4, -0.2) is 16.2 Å². The number of carbonyl (C=O) groups excluding carboxylic acids is 1. The Hall–Kier alpha value is -2.51. The number of aromatic nitrogens is 2. The third-order valence-corrected chi connectivity index (χ3v) is 2.22. The van der Waals surface area contributed by atoms with E-state index in [1.54, 1.807) is 0 Å². The van der Waals surface area contributed by atoms with Crippen LogP contribution < -0.4 is 10.6 Å². The molecular formula is C11H9F3N4O. The summed E-state index contributed by atoms with van der Waals surface area (Å²) in [4.78, 5) is 11.5. The third kappa shape index (κ3) is 3.47. The van der Waals surface area contributed by atoms with Crippen LogP contribution in [0.4, 0.5) is 29.5 Å². The summed E-state index contributed by atoms with van der Waals surface area (Å²) < 4.78 is 37.0. The largest absolute Gasteiger partial charge is 0.416 e. The molecule has 0 aliphatic carbocycles. The molecule has 0 spiro atoms. The molecule has 1 aromatic carbocycles. The molecule has 0 aliphatic heterocycles. The summed E-state index contributed by atoms with van der Waals surface area (Å²) in [6.07, 6.45) is -2.94. The van der Waals surface area contributed by atoms with Gasteiger partial charge in [0.05, 0.1) is 11.8 Å². The second-order valence-corrected chi connectivity index (χ2v) is 3.62. The van der Waals surface area contributed by atoms with E-state index in [-0.39, 0.29) is 5.69 Å². The molecule has 19 heavy (non-hydrogen) atoms. The molecule has 8 heteroatoms. The zero-order chi connectivity index (χ0) is 13.9. The van der Waals surface area contributed by atoms with Crippen molar-refractivity contribution in [2.75, 3.05) is 10.6 Å². The van der Waals surface area contributed by atoms with Crippen molar-refractivity contribution in [1.82, 2.24) is 10.2 Å². The van der Waals surface area contributed by atoms with Crippen molar-refractivity contribution >= 4 is 17.5 Å². The summed E-state index contributed by atoms with van der Waals surface area (Å²) in [7, 11) is 0. The number of aromatic amines is 1. The number of amides is 2. The second kappa shape index (κ2) is 5.01. The molecule has 0 saturated heterocycles. The van der Waals surface area contributed by atoms with E-state index in [1.165, 1.54) is 24.4 Å². The van der Waals surface area contributed by atoms with E-state index in [0.29, 0.717) is 5.82 Å². The molecule has 0 radical (unpaired) electrons. The quantitative estimate of drug-likeness (QED) is 0.784. The molecule has 2 amide bonds. The van der Waals surface area contributed by atoms with Crippen molar-refractivity contribution in [1.29, 1.82) is 0 Å². The molecule has 100 valence electrons. The van der Waals surface area contributed by atoms with Crippen LogP contribution in [0.25, 0.3) is 0 Å². The van der Waals surface area contributed by atoms with Gasteiger partial charge in [0, 0.05) is 11.8 Å². The van der Waals surface area contributed by atoms with Gasteiger partial charge >= 0.3 is 12.2 Å². The maximum absolute atomic E-state index is 12.3. The molecule has 0 saturated carbocycles. The lowest BCUT2D eigenvalue weighted by Gasteiger charge is -2.09. The molecule has 2 aromatic rings. The average Bonchev–Trinajstić information content (AvgIpc) is 2.81. The van der Waals surface area contributed by atoms with E-state index in [4.69, 9.17) is 0 Å². The van der Waals surface area contributed by atoms with Crippen molar-refractivity contribution in [2.45, 2.75) is 6.18 Å².